The van der Waals surface area contributed by atoms with E-state index in [1.807, 2.05) is 6.07 Å². The Kier molecular flexibility index (Phi) is 4.41. The van der Waals surface area contributed by atoms with Gasteiger partial charge < -0.3 is 14.8 Å². The van der Waals surface area contributed by atoms with Crippen molar-refractivity contribution < 1.29 is 17.9 Å². The molecule has 8 nitrogen and oxygen atoms in total. The van der Waals surface area contributed by atoms with Crippen molar-refractivity contribution in [1.29, 1.82) is 0 Å². The molecule has 2 aromatic rings. The Bertz CT molecular complexity index is 913. The van der Waals surface area contributed by atoms with Gasteiger partial charge in [-0.05, 0) is 25.0 Å². The van der Waals surface area contributed by atoms with Crippen molar-refractivity contribution >= 4 is 15.8 Å². The van der Waals surface area contributed by atoms with E-state index in [1.165, 1.54) is 18.5 Å². The lowest BCUT2D eigenvalue weighted by atomic mass is 9.78. The lowest BCUT2D eigenvalue weighted by molar-refractivity contribution is 0.171. The van der Waals surface area contributed by atoms with E-state index in [0.29, 0.717) is 37.6 Å². The molecule has 0 unspecified atom stereocenters. The van der Waals surface area contributed by atoms with Crippen LogP contribution in [0.5, 0.6) is 11.5 Å². The SMILES string of the molecule is CNc1cc(C2CC(NS(=O)(=O)c3ccc4c(c3)OCCO4)C2)ncn1. The Morgan fingerprint density at radius 3 is 2.62 bits per heavy atom. The predicted molar refractivity (Wildman–Crippen MR) is 95.1 cm³/mol. The molecule has 1 aromatic heterocycles. The summed E-state index contributed by atoms with van der Waals surface area (Å²) in [6.45, 7) is 0.890. The molecule has 0 bridgehead atoms. The van der Waals surface area contributed by atoms with Gasteiger partial charge in [0.2, 0.25) is 10.0 Å². The van der Waals surface area contributed by atoms with E-state index in [1.54, 1.807) is 13.1 Å². The molecule has 2 aliphatic rings. The molecule has 1 aromatic carbocycles. The molecule has 2 heterocycles. The number of nitrogens with zero attached hydrogens (tertiary/aromatic N) is 2. The molecule has 138 valence electrons. The second-order valence-corrected chi connectivity index (χ2v) is 8.08. The average molecular weight is 376 g/mol. The predicted octanol–water partition coefficient (Wildman–Crippen LogP) is 1.51. The highest BCUT2D eigenvalue weighted by Gasteiger charge is 2.35. The van der Waals surface area contributed by atoms with Crippen LogP contribution in [-0.2, 0) is 10.0 Å². The number of fused-ring (bicyclic) bond motifs is 1. The number of anilines is 1. The van der Waals surface area contributed by atoms with Crippen molar-refractivity contribution in [3.63, 3.8) is 0 Å². The molecule has 0 spiro atoms. The third-order valence-corrected chi connectivity index (χ3v) is 6.16. The third-order valence-electron chi connectivity index (χ3n) is 4.65. The van der Waals surface area contributed by atoms with Crippen LogP contribution in [-0.4, -0.2) is 44.7 Å². The quantitative estimate of drug-likeness (QED) is 0.815. The zero-order valence-electron chi connectivity index (χ0n) is 14.3. The number of hydrogen-bond donors (Lipinski definition) is 2. The number of ether oxygens (including phenoxy) is 2. The third kappa shape index (κ3) is 3.32. The van der Waals surface area contributed by atoms with Crippen LogP contribution >= 0.6 is 0 Å². The Hall–Kier alpha value is -2.39. The highest BCUT2D eigenvalue weighted by molar-refractivity contribution is 7.89. The second kappa shape index (κ2) is 6.73. The number of rotatable bonds is 5. The van der Waals surface area contributed by atoms with Crippen molar-refractivity contribution in [2.24, 2.45) is 0 Å². The van der Waals surface area contributed by atoms with Crippen molar-refractivity contribution in [3.05, 3.63) is 36.3 Å². The molecule has 0 amide bonds. The van der Waals surface area contributed by atoms with E-state index in [-0.39, 0.29) is 16.9 Å². The van der Waals surface area contributed by atoms with Crippen LogP contribution in [0.2, 0.25) is 0 Å². The van der Waals surface area contributed by atoms with Crippen molar-refractivity contribution in [3.8, 4) is 11.5 Å². The van der Waals surface area contributed by atoms with Crippen molar-refractivity contribution in [2.75, 3.05) is 25.6 Å². The molecule has 1 aliphatic carbocycles. The summed E-state index contributed by atoms with van der Waals surface area (Å²) < 4.78 is 38.9. The van der Waals surface area contributed by atoms with Gasteiger partial charge in [0.15, 0.2) is 11.5 Å². The molecule has 0 atom stereocenters. The zero-order valence-corrected chi connectivity index (χ0v) is 15.1. The topological polar surface area (TPSA) is 102 Å². The minimum absolute atomic E-state index is 0.105. The molecule has 1 aliphatic heterocycles. The molecule has 2 N–H and O–H groups in total. The lowest BCUT2D eigenvalue weighted by Gasteiger charge is -2.35. The number of aromatic nitrogens is 2. The molecular weight excluding hydrogens is 356 g/mol. The van der Waals surface area contributed by atoms with Gasteiger partial charge in [-0.25, -0.2) is 23.1 Å². The van der Waals surface area contributed by atoms with Gasteiger partial charge in [-0.3, -0.25) is 0 Å². The maximum Gasteiger partial charge on any atom is 0.240 e. The van der Waals surface area contributed by atoms with Crippen molar-refractivity contribution in [1.82, 2.24) is 14.7 Å². The highest BCUT2D eigenvalue weighted by atomic mass is 32.2. The van der Waals surface area contributed by atoms with E-state index in [0.717, 1.165) is 11.5 Å². The van der Waals surface area contributed by atoms with E-state index in [2.05, 4.69) is 20.0 Å². The van der Waals surface area contributed by atoms with Crippen LogP contribution in [0.1, 0.15) is 24.5 Å². The van der Waals surface area contributed by atoms with E-state index < -0.39 is 10.0 Å². The molecule has 1 fully saturated rings. The summed E-state index contributed by atoms with van der Waals surface area (Å²) in [5, 5.41) is 2.98. The van der Waals surface area contributed by atoms with Crippen LogP contribution < -0.4 is 19.5 Å². The first kappa shape index (κ1) is 17.0. The first-order valence-electron chi connectivity index (χ1n) is 8.47. The maximum absolute atomic E-state index is 12.6. The standard InChI is InChI=1S/C17H20N4O4S/c1-18-17-9-14(19-10-20-17)11-6-12(7-11)21-26(22,23)13-2-3-15-16(8-13)25-5-4-24-15/h2-3,8-12,21H,4-7H2,1H3,(H,18,19,20). The minimum Gasteiger partial charge on any atom is -0.486 e. The Labute approximate surface area is 152 Å². The molecule has 26 heavy (non-hydrogen) atoms. The first-order valence-corrected chi connectivity index (χ1v) is 9.95. The fourth-order valence-electron chi connectivity index (χ4n) is 3.17. The summed E-state index contributed by atoms with van der Waals surface area (Å²) in [6.07, 6.45) is 2.95. The second-order valence-electron chi connectivity index (χ2n) is 6.37. The Morgan fingerprint density at radius 1 is 1.08 bits per heavy atom. The summed E-state index contributed by atoms with van der Waals surface area (Å²) in [5.74, 6) is 2.03. The number of benzene rings is 1. The molecule has 1 saturated carbocycles. The van der Waals surface area contributed by atoms with Crippen LogP contribution in [0.15, 0.2) is 35.5 Å². The maximum atomic E-state index is 12.6. The molecule has 0 radical (unpaired) electrons. The minimum atomic E-state index is -3.60. The van der Waals surface area contributed by atoms with Crippen LogP contribution in [0.25, 0.3) is 0 Å². The van der Waals surface area contributed by atoms with Gasteiger partial charge in [-0.15, -0.1) is 0 Å². The Balaban J connectivity index is 1.41. The highest BCUT2D eigenvalue weighted by Crippen LogP contribution is 2.37. The molecule has 9 heteroatoms. The largest absolute Gasteiger partial charge is 0.486 e. The molecule has 4 rings (SSSR count). The van der Waals surface area contributed by atoms with Crippen LogP contribution in [0.3, 0.4) is 0 Å². The Morgan fingerprint density at radius 2 is 1.85 bits per heavy atom. The van der Waals surface area contributed by atoms with E-state index in [9.17, 15) is 8.42 Å². The van der Waals surface area contributed by atoms with Gasteiger partial charge in [-0.1, -0.05) is 0 Å². The van der Waals surface area contributed by atoms with Gasteiger partial charge in [0.1, 0.15) is 25.4 Å². The number of sulfonamides is 1. The van der Waals surface area contributed by atoms with Gasteiger partial charge in [0, 0.05) is 36.8 Å². The average Bonchev–Trinajstić information content (AvgIpc) is 2.64. The summed E-state index contributed by atoms with van der Waals surface area (Å²) in [4.78, 5) is 8.57. The number of hydrogen-bond acceptors (Lipinski definition) is 7. The zero-order chi connectivity index (χ0) is 18.1. The van der Waals surface area contributed by atoms with Crippen LogP contribution in [0, 0.1) is 0 Å². The number of nitrogens with one attached hydrogen (secondary N) is 2. The van der Waals surface area contributed by atoms with Crippen molar-refractivity contribution in [2.45, 2.75) is 29.7 Å². The normalized spacial score (nSPS) is 21.7. The monoisotopic (exact) mass is 376 g/mol. The molecule has 0 saturated heterocycles. The summed E-state index contributed by atoms with van der Waals surface area (Å²) in [6, 6.07) is 6.47. The van der Waals surface area contributed by atoms with Crippen LogP contribution in [0.4, 0.5) is 5.82 Å². The molecular formula is C17H20N4O4S. The fraction of sp³-hybridized carbons (Fsp3) is 0.412. The summed E-state index contributed by atoms with van der Waals surface area (Å²) in [7, 11) is -1.80. The van der Waals surface area contributed by atoms with E-state index in [4.69, 9.17) is 9.47 Å². The first-order chi connectivity index (χ1) is 12.5. The van der Waals surface area contributed by atoms with Gasteiger partial charge in [0.05, 0.1) is 4.90 Å². The smallest absolute Gasteiger partial charge is 0.240 e. The fourth-order valence-corrected chi connectivity index (χ4v) is 4.44. The van der Waals surface area contributed by atoms with Gasteiger partial charge >= 0.3 is 0 Å². The lowest BCUT2D eigenvalue weighted by Crippen LogP contribution is -2.43. The van der Waals surface area contributed by atoms with Gasteiger partial charge in [-0.2, -0.15) is 0 Å². The summed E-state index contributed by atoms with van der Waals surface area (Å²) >= 11 is 0. The summed E-state index contributed by atoms with van der Waals surface area (Å²) in [5.41, 5.74) is 0.930. The van der Waals surface area contributed by atoms with E-state index >= 15 is 0 Å². The van der Waals surface area contributed by atoms with Gasteiger partial charge in [0.25, 0.3) is 0 Å².